The Kier molecular flexibility index (Phi) is 5.83. The lowest BCUT2D eigenvalue weighted by Crippen LogP contribution is -2.40. The topological polar surface area (TPSA) is 128 Å². The minimum atomic E-state index is -1.78. The average molecular weight is 446 g/mol. The highest BCUT2D eigenvalue weighted by Gasteiger charge is 2.24. The maximum absolute atomic E-state index is 11.0. The van der Waals surface area contributed by atoms with Crippen LogP contribution in [0.15, 0.2) is 18.6 Å². The van der Waals surface area contributed by atoms with Gasteiger partial charge < -0.3 is 14.8 Å². The second-order valence-electron chi connectivity index (χ2n) is 8.16. The van der Waals surface area contributed by atoms with E-state index in [0.29, 0.717) is 11.6 Å². The molecule has 3 aromatic rings. The lowest BCUT2D eigenvalue weighted by molar-refractivity contribution is 0.247. The number of hydrogen-bond donors (Lipinski definition) is 3. The molecule has 11 nitrogen and oxygen atoms in total. The fourth-order valence-corrected chi connectivity index (χ4v) is 4.99. The molecule has 1 unspecified atom stereocenters. The summed E-state index contributed by atoms with van der Waals surface area (Å²) >= 11 is -1.78. The fourth-order valence-electron chi connectivity index (χ4n) is 4.42. The number of likely N-dealkylation sites (tertiary alicyclic amines) is 1. The molecule has 2 aliphatic heterocycles. The molecule has 31 heavy (non-hydrogen) atoms. The zero-order valence-electron chi connectivity index (χ0n) is 17.3. The van der Waals surface area contributed by atoms with Crippen LogP contribution < -0.4 is 10.2 Å². The third-order valence-corrected chi connectivity index (χ3v) is 6.58. The van der Waals surface area contributed by atoms with Crippen LogP contribution in [0.2, 0.25) is 0 Å². The highest BCUT2D eigenvalue weighted by atomic mass is 32.2. The minimum absolute atomic E-state index is 0.209. The predicted octanol–water partition coefficient (Wildman–Crippen LogP) is 1.56. The highest BCUT2D eigenvalue weighted by molar-refractivity contribution is 7.79. The van der Waals surface area contributed by atoms with Crippen LogP contribution in [0.4, 0.5) is 11.8 Å². The molecule has 0 aromatic carbocycles. The van der Waals surface area contributed by atoms with Crippen molar-refractivity contribution in [2.45, 2.75) is 38.1 Å². The first-order valence-electron chi connectivity index (χ1n) is 10.7. The molecule has 1 atom stereocenters. The number of hydrogen-bond acceptors (Lipinski definition) is 8. The quantitative estimate of drug-likeness (QED) is 0.484. The van der Waals surface area contributed by atoms with Crippen molar-refractivity contribution in [3.8, 4) is 11.3 Å². The van der Waals surface area contributed by atoms with Gasteiger partial charge in [0.2, 0.25) is 5.95 Å². The number of nitrogens with one attached hydrogen (secondary N) is 2. The SMILES string of the molecule is O=S(O)CN1CCC(Nc2nc3cnc(-c4cn[nH]c4)c(N4CCCCC4)n3n2)CC1. The van der Waals surface area contributed by atoms with Gasteiger partial charge in [-0.2, -0.15) is 14.6 Å². The molecule has 0 radical (unpaired) electrons. The fraction of sp³-hybridized carbons (Fsp3) is 0.579. The molecule has 2 fully saturated rings. The Labute approximate surface area is 182 Å². The Hall–Kier alpha value is -2.57. The summed E-state index contributed by atoms with van der Waals surface area (Å²) in [5.41, 5.74) is 2.49. The van der Waals surface area contributed by atoms with Crippen LogP contribution in [0.25, 0.3) is 16.9 Å². The van der Waals surface area contributed by atoms with Gasteiger partial charge in [0.1, 0.15) is 11.6 Å². The Morgan fingerprint density at radius 2 is 1.97 bits per heavy atom. The van der Waals surface area contributed by atoms with Crippen molar-refractivity contribution >= 4 is 28.5 Å². The van der Waals surface area contributed by atoms with E-state index in [9.17, 15) is 4.21 Å². The molecular weight excluding hydrogens is 418 g/mol. The van der Waals surface area contributed by atoms with Gasteiger partial charge in [-0.05, 0) is 32.1 Å². The molecule has 5 rings (SSSR count). The third-order valence-electron chi connectivity index (χ3n) is 5.99. The van der Waals surface area contributed by atoms with E-state index in [1.807, 2.05) is 15.6 Å². The predicted molar refractivity (Wildman–Crippen MR) is 118 cm³/mol. The van der Waals surface area contributed by atoms with Crippen molar-refractivity contribution < 1.29 is 8.76 Å². The van der Waals surface area contributed by atoms with Crippen LogP contribution >= 0.6 is 0 Å². The van der Waals surface area contributed by atoms with Gasteiger partial charge in [0, 0.05) is 44.0 Å². The van der Waals surface area contributed by atoms with Gasteiger partial charge in [0.05, 0.1) is 12.4 Å². The summed E-state index contributed by atoms with van der Waals surface area (Å²) in [6.45, 7) is 3.50. The molecular formula is C19H27N9O2S. The van der Waals surface area contributed by atoms with Crippen molar-refractivity contribution in [2.75, 3.05) is 42.3 Å². The summed E-state index contributed by atoms with van der Waals surface area (Å²) in [6, 6.07) is 0.237. The Bertz CT molecular complexity index is 1040. The van der Waals surface area contributed by atoms with E-state index in [1.54, 1.807) is 12.4 Å². The summed E-state index contributed by atoms with van der Waals surface area (Å²) < 4.78 is 22.0. The van der Waals surface area contributed by atoms with E-state index in [4.69, 9.17) is 14.6 Å². The summed E-state index contributed by atoms with van der Waals surface area (Å²) in [5, 5.41) is 15.2. The van der Waals surface area contributed by atoms with Gasteiger partial charge in [0.15, 0.2) is 22.5 Å². The molecule has 3 aromatic heterocycles. The number of nitrogens with zero attached hydrogens (tertiary/aromatic N) is 7. The van der Waals surface area contributed by atoms with Gasteiger partial charge in [0.25, 0.3) is 0 Å². The summed E-state index contributed by atoms with van der Waals surface area (Å²) in [5.74, 6) is 1.76. The normalized spacial score (nSPS) is 19.7. The van der Waals surface area contributed by atoms with Crippen molar-refractivity contribution in [3.05, 3.63) is 18.6 Å². The second kappa shape index (κ2) is 8.89. The first-order chi connectivity index (χ1) is 15.2. The van der Waals surface area contributed by atoms with Gasteiger partial charge in [-0.3, -0.25) is 10.00 Å². The van der Waals surface area contributed by atoms with Gasteiger partial charge >= 0.3 is 0 Å². The van der Waals surface area contributed by atoms with E-state index in [-0.39, 0.29) is 11.9 Å². The van der Waals surface area contributed by atoms with E-state index in [1.165, 1.54) is 6.42 Å². The largest absolute Gasteiger partial charge is 0.355 e. The number of anilines is 2. The van der Waals surface area contributed by atoms with Crippen molar-refractivity contribution in [1.82, 2.24) is 34.7 Å². The monoisotopic (exact) mass is 445 g/mol. The third kappa shape index (κ3) is 4.41. The first-order valence-corrected chi connectivity index (χ1v) is 12.0. The number of fused-ring (bicyclic) bond motifs is 1. The standard InChI is InChI=1S/C19H27N9O2S/c29-31(30)13-26-8-4-15(5-9-26)23-19-24-16-12-20-17(14-10-21-22-11-14)18(28(16)25-19)27-6-2-1-3-7-27/h10-12,15H,1-9,13H2,(H,21,22)(H,23,25)(H,29,30). The van der Waals surface area contributed by atoms with Crippen LogP contribution in [-0.4, -0.2) is 81.5 Å². The molecule has 3 N–H and O–H groups in total. The number of rotatable bonds is 6. The molecule has 0 amide bonds. The van der Waals surface area contributed by atoms with Crippen molar-refractivity contribution in [3.63, 3.8) is 0 Å². The second-order valence-corrected chi connectivity index (χ2v) is 9.06. The van der Waals surface area contributed by atoms with Crippen LogP contribution in [0.3, 0.4) is 0 Å². The van der Waals surface area contributed by atoms with Crippen LogP contribution in [0.1, 0.15) is 32.1 Å². The van der Waals surface area contributed by atoms with Crippen molar-refractivity contribution in [1.29, 1.82) is 0 Å². The molecule has 2 saturated heterocycles. The number of aromatic nitrogens is 6. The molecule has 12 heteroatoms. The zero-order valence-corrected chi connectivity index (χ0v) is 18.1. The van der Waals surface area contributed by atoms with Gasteiger partial charge in [-0.15, -0.1) is 5.10 Å². The Morgan fingerprint density at radius 3 is 2.68 bits per heavy atom. The van der Waals surface area contributed by atoms with Crippen LogP contribution in [-0.2, 0) is 11.1 Å². The van der Waals surface area contributed by atoms with Crippen LogP contribution in [0.5, 0.6) is 0 Å². The van der Waals surface area contributed by atoms with E-state index in [0.717, 1.165) is 68.9 Å². The van der Waals surface area contributed by atoms with Crippen molar-refractivity contribution in [2.24, 2.45) is 0 Å². The number of aromatic amines is 1. The van der Waals surface area contributed by atoms with Crippen LogP contribution in [0, 0.1) is 0 Å². The average Bonchev–Trinajstić information content (AvgIpc) is 3.44. The van der Waals surface area contributed by atoms with Gasteiger partial charge in [-0.1, -0.05) is 0 Å². The molecule has 0 saturated carbocycles. The molecule has 0 bridgehead atoms. The molecule has 0 spiro atoms. The molecule has 5 heterocycles. The number of piperidine rings is 2. The Morgan fingerprint density at radius 1 is 1.16 bits per heavy atom. The smallest absolute Gasteiger partial charge is 0.243 e. The minimum Gasteiger partial charge on any atom is -0.355 e. The summed E-state index contributed by atoms with van der Waals surface area (Å²) in [7, 11) is 0. The van der Waals surface area contributed by atoms with E-state index >= 15 is 0 Å². The lowest BCUT2D eigenvalue weighted by atomic mass is 10.1. The number of H-pyrrole nitrogens is 1. The molecule has 0 aliphatic carbocycles. The first kappa shape index (κ1) is 20.3. The Balaban J connectivity index is 1.41. The zero-order chi connectivity index (χ0) is 21.2. The highest BCUT2D eigenvalue weighted by Crippen LogP contribution is 2.31. The maximum Gasteiger partial charge on any atom is 0.243 e. The van der Waals surface area contributed by atoms with E-state index in [2.05, 4.69) is 25.4 Å². The molecule has 166 valence electrons. The lowest BCUT2D eigenvalue weighted by Gasteiger charge is -2.31. The van der Waals surface area contributed by atoms with E-state index < -0.39 is 11.1 Å². The maximum atomic E-state index is 11.0. The summed E-state index contributed by atoms with van der Waals surface area (Å²) in [6.07, 6.45) is 10.7. The molecule has 2 aliphatic rings. The van der Waals surface area contributed by atoms with Gasteiger partial charge in [-0.25, -0.2) is 9.19 Å². The summed E-state index contributed by atoms with van der Waals surface area (Å²) in [4.78, 5) is 13.7.